The van der Waals surface area contributed by atoms with E-state index in [0.29, 0.717) is 0 Å². The summed E-state index contributed by atoms with van der Waals surface area (Å²) in [7, 11) is 0. The summed E-state index contributed by atoms with van der Waals surface area (Å²) in [6, 6.07) is 0. The zero-order chi connectivity index (χ0) is 6.69. The second-order valence-electron chi connectivity index (χ2n) is 2.54. The van der Waals surface area contributed by atoms with Gasteiger partial charge in [0.1, 0.15) is 0 Å². The average Bonchev–Trinajstić information content (AvgIpc) is 1.90. The molecule has 0 radical (unpaired) electrons. The van der Waals surface area contributed by atoms with Crippen LogP contribution in [-0.2, 0) is 3.83 Å². The first-order valence-electron chi connectivity index (χ1n) is 3.40. The van der Waals surface area contributed by atoms with Gasteiger partial charge in [-0.2, -0.15) is 0 Å². The van der Waals surface area contributed by atoms with Gasteiger partial charge in [0.25, 0.3) is 0 Å². The standard InChI is InChI=1S/C6H12O2Se/c7-9(8)6-4-2-1-3-5-6/h6H,1-5H2,(H,7,8). The van der Waals surface area contributed by atoms with Crippen LogP contribution in [0.1, 0.15) is 32.1 Å². The van der Waals surface area contributed by atoms with E-state index in [-0.39, 0.29) is 4.82 Å². The zero-order valence-electron chi connectivity index (χ0n) is 5.38. The average molecular weight is 195 g/mol. The van der Waals surface area contributed by atoms with E-state index in [4.69, 9.17) is 4.19 Å². The Balaban J connectivity index is 2.31. The fourth-order valence-electron chi connectivity index (χ4n) is 1.27. The molecule has 54 valence electrons. The fourth-order valence-corrected chi connectivity index (χ4v) is 2.81. The van der Waals surface area contributed by atoms with Gasteiger partial charge in [-0.05, 0) is 0 Å². The molecule has 0 amide bonds. The Morgan fingerprint density at radius 3 is 2.11 bits per heavy atom. The molecule has 1 unspecified atom stereocenters. The Morgan fingerprint density at radius 2 is 1.78 bits per heavy atom. The summed E-state index contributed by atoms with van der Waals surface area (Å²) >= 11 is -2.38. The van der Waals surface area contributed by atoms with Crippen LogP contribution in [-0.4, -0.2) is 18.4 Å². The molecule has 1 aliphatic rings. The van der Waals surface area contributed by atoms with Crippen LogP contribution in [0.3, 0.4) is 0 Å². The third-order valence-electron chi connectivity index (χ3n) is 1.84. The first kappa shape index (κ1) is 7.39. The molecular formula is C6H12O2Se. The van der Waals surface area contributed by atoms with Crippen LogP contribution in [0, 0.1) is 0 Å². The first-order valence-corrected chi connectivity index (χ1v) is 5.86. The third-order valence-corrected chi connectivity index (χ3v) is 4.02. The minimum atomic E-state index is -2.38. The van der Waals surface area contributed by atoms with Gasteiger partial charge in [-0.3, -0.25) is 0 Å². The number of rotatable bonds is 1. The molecule has 2 nitrogen and oxygen atoms in total. The van der Waals surface area contributed by atoms with Crippen LogP contribution < -0.4 is 0 Å². The van der Waals surface area contributed by atoms with Crippen molar-refractivity contribution in [3.8, 4) is 0 Å². The number of hydrogen-bond acceptors (Lipinski definition) is 1. The van der Waals surface area contributed by atoms with E-state index in [1.807, 2.05) is 0 Å². The van der Waals surface area contributed by atoms with Gasteiger partial charge in [0.15, 0.2) is 0 Å². The van der Waals surface area contributed by atoms with E-state index in [2.05, 4.69) is 0 Å². The molecule has 9 heavy (non-hydrogen) atoms. The molecule has 0 bridgehead atoms. The monoisotopic (exact) mass is 196 g/mol. The topological polar surface area (TPSA) is 37.3 Å². The van der Waals surface area contributed by atoms with Crippen molar-refractivity contribution in [1.29, 1.82) is 0 Å². The predicted octanol–water partition coefficient (Wildman–Crippen LogP) is 1.23. The van der Waals surface area contributed by atoms with E-state index in [0.717, 1.165) is 25.7 Å². The minimum absolute atomic E-state index is 0.179. The molecule has 1 rings (SSSR count). The van der Waals surface area contributed by atoms with E-state index >= 15 is 0 Å². The summed E-state index contributed by atoms with van der Waals surface area (Å²) in [5.41, 5.74) is 0. The van der Waals surface area contributed by atoms with Crippen molar-refractivity contribution in [2.45, 2.75) is 36.9 Å². The summed E-state index contributed by atoms with van der Waals surface area (Å²) in [4.78, 5) is 0.179. The Kier molecular flexibility index (Phi) is 2.83. The maximum atomic E-state index is 10.6. The van der Waals surface area contributed by atoms with Gasteiger partial charge in [-0.25, -0.2) is 0 Å². The van der Waals surface area contributed by atoms with Gasteiger partial charge >= 0.3 is 59.1 Å². The first-order chi connectivity index (χ1) is 4.30. The van der Waals surface area contributed by atoms with Crippen LogP contribution >= 0.6 is 0 Å². The Bertz CT molecular complexity index is 108. The summed E-state index contributed by atoms with van der Waals surface area (Å²) < 4.78 is 19.3. The predicted molar refractivity (Wildman–Crippen MR) is 35.5 cm³/mol. The molecule has 0 aromatic heterocycles. The molecule has 1 saturated carbocycles. The van der Waals surface area contributed by atoms with Crippen LogP contribution in [0.15, 0.2) is 0 Å². The summed E-state index contributed by atoms with van der Waals surface area (Å²) in [6.45, 7) is 0. The van der Waals surface area contributed by atoms with Gasteiger partial charge in [0, 0.05) is 0 Å². The molecule has 3 heteroatoms. The third kappa shape index (κ3) is 2.17. The van der Waals surface area contributed by atoms with Crippen molar-refractivity contribution in [3.05, 3.63) is 0 Å². The quantitative estimate of drug-likeness (QED) is 0.639. The van der Waals surface area contributed by atoms with Crippen molar-refractivity contribution >= 4 is 14.2 Å². The molecule has 1 aliphatic carbocycles. The molecule has 1 fully saturated rings. The van der Waals surface area contributed by atoms with Gasteiger partial charge in [-0.15, -0.1) is 0 Å². The summed E-state index contributed by atoms with van der Waals surface area (Å²) in [5.74, 6) is 0. The van der Waals surface area contributed by atoms with Gasteiger partial charge in [0.05, 0.1) is 0 Å². The molecule has 0 aromatic carbocycles. The molecule has 1 N–H and O–H groups in total. The van der Waals surface area contributed by atoms with E-state index in [9.17, 15) is 3.83 Å². The Labute approximate surface area is 59.7 Å². The fraction of sp³-hybridized carbons (Fsp3) is 1.00. The van der Waals surface area contributed by atoms with Crippen LogP contribution in [0.2, 0.25) is 4.82 Å². The SMILES string of the molecule is O=[Se](O)C1CCCCC1. The summed E-state index contributed by atoms with van der Waals surface area (Å²) in [6.07, 6.45) is 5.56. The second-order valence-corrected chi connectivity index (χ2v) is 5.09. The zero-order valence-corrected chi connectivity index (χ0v) is 7.09. The van der Waals surface area contributed by atoms with Gasteiger partial charge in [-0.1, -0.05) is 0 Å². The van der Waals surface area contributed by atoms with E-state index in [1.165, 1.54) is 6.42 Å². The molecular weight excluding hydrogens is 183 g/mol. The molecule has 0 saturated heterocycles. The van der Waals surface area contributed by atoms with Crippen molar-refractivity contribution in [1.82, 2.24) is 0 Å². The number of hydrogen-bond donors (Lipinski definition) is 1. The maximum absolute atomic E-state index is 10.6. The van der Waals surface area contributed by atoms with Crippen LogP contribution in [0.25, 0.3) is 0 Å². The normalized spacial score (nSPS) is 25.9. The molecule has 0 heterocycles. The van der Waals surface area contributed by atoms with E-state index < -0.39 is 14.2 Å². The van der Waals surface area contributed by atoms with E-state index in [1.54, 1.807) is 0 Å². The van der Waals surface area contributed by atoms with Crippen molar-refractivity contribution in [2.24, 2.45) is 0 Å². The Hall–Kier alpha value is 0.279. The molecule has 0 aromatic rings. The van der Waals surface area contributed by atoms with Gasteiger partial charge in [0.2, 0.25) is 0 Å². The Morgan fingerprint density at radius 1 is 1.22 bits per heavy atom. The van der Waals surface area contributed by atoms with Crippen LogP contribution in [0.4, 0.5) is 0 Å². The summed E-state index contributed by atoms with van der Waals surface area (Å²) in [5, 5.41) is 0. The molecule has 1 atom stereocenters. The van der Waals surface area contributed by atoms with Crippen molar-refractivity contribution in [3.63, 3.8) is 0 Å². The second kappa shape index (κ2) is 3.45. The van der Waals surface area contributed by atoms with Gasteiger partial charge < -0.3 is 0 Å². The van der Waals surface area contributed by atoms with Crippen LogP contribution in [0.5, 0.6) is 0 Å². The molecule has 0 spiro atoms. The van der Waals surface area contributed by atoms with Crippen molar-refractivity contribution in [2.75, 3.05) is 0 Å². The molecule has 0 aliphatic heterocycles. The van der Waals surface area contributed by atoms with Crippen molar-refractivity contribution < 1.29 is 8.02 Å².